The molecule has 53 heavy (non-hydrogen) atoms. The van der Waals surface area contributed by atoms with Crippen molar-refractivity contribution in [3.63, 3.8) is 0 Å². The van der Waals surface area contributed by atoms with E-state index in [9.17, 15) is 25.5 Å². The minimum Gasteiger partial charge on any atom is -0.394 e. The van der Waals surface area contributed by atoms with Crippen molar-refractivity contribution in [2.24, 2.45) is 0 Å². The molecule has 0 unspecified atom stereocenters. The van der Waals surface area contributed by atoms with Crippen molar-refractivity contribution in [1.29, 1.82) is 0 Å². The Labute approximate surface area is 319 Å². The van der Waals surface area contributed by atoms with E-state index < -0.39 is 48.5 Å². The van der Waals surface area contributed by atoms with Crippen molar-refractivity contribution >= 4 is 0 Å². The van der Waals surface area contributed by atoms with Crippen LogP contribution in [0.25, 0.3) is 0 Å². The van der Waals surface area contributed by atoms with E-state index in [4.69, 9.17) is 9.47 Å². The van der Waals surface area contributed by atoms with Gasteiger partial charge in [-0.2, -0.15) is 0 Å². The highest BCUT2D eigenvalue weighted by Crippen LogP contribution is 2.27. The van der Waals surface area contributed by atoms with Gasteiger partial charge in [-0.15, -0.1) is 0 Å². The zero-order chi connectivity index (χ0) is 40.0. The fourth-order valence-electron chi connectivity index (χ4n) is 4.74. The summed E-state index contributed by atoms with van der Waals surface area (Å²) in [6, 6.07) is 0. The maximum atomic E-state index is 10.3. The summed E-state index contributed by atoms with van der Waals surface area (Å²) in [6.45, 7) is 19.1. The average Bonchev–Trinajstić information content (AvgIpc) is 3.06. The Morgan fingerprint density at radius 2 is 0.887 bits per heavy atom. The van der Waals surface area contributed by atoms with Gasteiger partial charge in [-0.05, 0) is 82.1 Å². The molecule has 0 aromatic carbocycles. The smallest absolute Gasteiger partial charge is 0.187 e. The van der Waals surface area contributed by atoms with Crippen LogP contribution in [0, 0.1) is 0 Å². The highest BCUT2D eigenvalue weighted by Gasteiger charge is 2.45. The van der Waals surface area contributed by atoms with Crippen LogP contribution in [0.5, 0.6) is 0 Å². The summed E-state index contributed by atoms with van der Waals surface area (Å²) in [6.07, 6.45) is 35.4. The second-order valence-electron chi connectivity index (χ2n) is 14.9. The lowest BCUT2D eigenvalue weighted by Crippen LogP contribution is -2.60. The molecule has 1 aliphatic heterocycles. The second-order valence-corrected chi connectivity index (χ2v) is 14.9. The van der Waals surface area contributed by atoms with Crippen LogP contribution in [-0.2, 0) is 9.47 Å². The molecule has 0 aliphatic carbocycles. The third-order valence-corrected chi connectivity index (χ3v) is 7.97. The van der Waals surface area contributed by atoms with Gasteiger partial charge in [-0.25, -0.2) is 0 Å². The lowest BCUT2D eigenvalue weighted by molar-refractivity contribution is -0.322. The van der Waals surface area contributed by atoms with E-state index in [1.807, 2.05) is 101 Å². The lowest BCUT2D eigenvalue weighted by atomic mass is 9.98. The normalized spacial score (nSPS) is 24.3. The minimum atomic E-state index is -1.47. The van der Waals surface area contributed by atoms with Crippen LogP contribution in [0.2, 0.25) is 0 Å². The number of hydrogen-bond donors (Lipinski definition) is 5. The number of ether oxygens (including phenoxy) is 2. The highest BCUT2D eigenvalue weighted by atomic mass is 16.7. The topological polar surface area (TPSA) is 120 Å². The van der Waals surface area contributed by atoms with Crippen LogP contribution in [0.3, 0.4) is 0 Å². The Morgan fingerprint density at radius 3 is 1.26 bits per heavy atom. The van der Waals surface area contributed by atoms with Crippen LogP contribution in [-0.4, -0.2) is 74.0 Å². The van der Waals surface area contributed by atoms with Gasteiger partial charge in [-0.1, -0.05) is 155 Å². The summed E-state index contributed by atoms with van der Waals surface area (Å²) in [5.74, 6) is 0. The first kappa shape index (κ1) is 47.4. The van der Waals surface area contributed by atoms with Gasteiger partial charge >= 0.3 is 0 Å². The molecule has 292 valence electrons. The van der Waals surface area contributed by atoms with Gasteiger partial charge in [0, 0.05) is 0 Å². The molecule has 7 heteroatoms. The molecule has 5 atom stereocenters. The van der Waals surface area contributed by atoms with E-state index in [0.29, 0.717) is 12.8 Å². The van der Waals surface area contributed by atoms with Crippen molar-refractivity contribution in [1.82, 2.24) is 0 Å². The summed E-state index contributed by atoms with van der Waals surface area (Å²) >= 11 is 0. The molecule has 1 aliphatic rings. The molecule has 1 heterocycles. The zero-order valence-electron chi connectivity index (χ0n) is 33.6. The highest BCUT2D eigenvalue weighted by molar-refractivity contribution is 5.33. The molecule has 7 nitrogen and oxygen atoms in total. The predicted octanol–water partition coefficient (Wildman–Crippen LogP) is 8.70. The summed E-state index contributed by atoms with van der Waals surface area (Å²) in [7, 11) is 0. The van der Waals surface area contributed by atoms with E-state index in [-0.39, 0.29) is 0 Å². The SMILES string of the molecule is CC(/C=C/C=C(C)/C=C/C=C(C)/C=C/CC(C)(C)O)=C\C=C\C=C(C)\C=C\C=C(C)\C=C\C=C(C)\C=C\CC(C)(C)O[C@@H]1O[C@H](CO)[C@@H](O)[C@H](O)[C@@H]1O. The maximum absolute atomic E-state index is 10.3. The quantitative estimate of drug-likeness (QED) is 0.0844. The van der Waals surface area contributed by atoms with Gasteiger partial charge in [0.15, 0.2) is 6.29 Å². The van der Waals surface area contributed by atoms with Crippen LogP contribution < -0.4 is 0 Å². The molecule has 0 amide bonds. The van der Waals surface area contributed by atoms with E-state index in [2.05, 4.69) is 75.5 Å². The predicted molar refractivity (Wildman–Crippen MR) is 221 cm³/mol. The summed E-state index contributed by atoms with van der Waals surface area (Å²) in [5.41, 5.74) is 5.32. The first-order valence-corrected chi connectivity index (χ1v) is 18.3. The molecule has 0 spiro atoms. The van der Waals surface area contributed by atoms with Crippen molar-refractivity contribution in [3.8, 4) is 0 Å². The summed E-state index contributed by atoms with van der Waals surface area (Å²) in [5, 5.41) is 49.4. The molecule has 1 fully saturated rings. The second kappa shape index (κ2) is 24.6. The van der Waals surface area contributed by atoms with Crippen LogP contribution >= 0.6 is 0 Å². The first-order valence-electron chi connectivity index (χ1n) is 18.3. The Morgan fingerprint density at radius 1 is 0.528 bits per heavy atom. The van der Waals surface area contributed by atoms with Gasteiger partial charge in [-0.3, -0.25) is 0 Å². The molecule has 0 bridgehead atoms. The van der Waals surface area contributed by atoms with E-state index >= 15 is 0 Å². The Kier molecular flexibility index (Phi) is 22.0. The zero-order valence-corrected chi connectivity index (χ0v) is 33.6. The molecular weight excluding hydrogens is 664 g/mol. The van der Waals surface area contributed by atoms with Crippen molar-refractivity contribution in [2.75, 3.05) is 6.61 Å². The van der Waals surface area contributed by atoms with E-state index in [0.717, 1.165) is 33.4 Å². The Hall–Kier alpha value is -3.66. The fourth-order valence-corrected chi connectivity index (χ4v) is 4.74. The molecule has 1 saturated heterocycles. The summed E-state index contributed by atoms with van der Waals surface area (Å²) < 4.78 is 11.4. The fraction of sp³-hybridized carbons (Fsp3) is 0.435. The van der Waals surface area contributed by atoms with Crippen molar-refractivity contribution < 1.29 is 35.0 Å². The minimum absolute atomic E-state index is 0.497. The molecular formula is C46H66O7. The van der Waals surface area contributed by atoms with Gasteiger partial charge < -0.3 is 35.0 Å². The number of hydrogen-bond acceptors (Lipinski definition) is 7. The first-order chi connectivity index (χ1) is 24.8. The Bertz CT molecular complexity index is 1520. The van der Waals surface area contributed by atoms with Crippen LogP contribution in [0.4, 0.5) is 0 Å². The average molecular weight is 731 g/mol. The van der Waals surface area contributed by atoms with Crippen LogP contribution in [0.15, 0.2) is 155 Å². The third-order valence-electron chi connectivity index (χ3n) is 7.97. The van der Waals surface area contributed by atoms with Gasteiger partial charge in [0.25, 0.3) is 0 Å². The standard InChI is InChI=1S/C46H66O7/c1-34(21-13-23-36(3)25-15-27-38(5)29-17-31-45(7,8)51)19-11-12-20-35(2)22-14-24-37(4)26-16-28-39(6)30-18-32-46(9,10)53-44-43(50)42(49)41(48)40(33-47)52-44/h11-30,40-44,47-51H,31-33H2,1-10H3/b12-11+,21-13+,22-14+,25-15+,26-16+,29-17+,30-18+,34-19+,35-20+,36-23+,37-24+,38-27+,39-28+/t40-,41-,42+,43+,44+/m1/s1. The van der Waals surface area contributed by atoms with Gasteiger partial charge in [0.2, 0.25) is 0 Å². The molecule has 5 N–H and O–H groups in total. The van der Waals surface area contributed by atoms with E-state index in [1.54, 1.807) is 13.8 Å². The molecule has 0 saturated carbocycles. The Balaban J connectivity index is 2.57. The summed E-state index contributed by atoms with van der Waals surface area (Å²) in [4.78, 5) is 0. The van der Waals surface area contributed by atoms with E-state index in [1.165, 1.54) is 0 Å². The molecule has 0 radical (unpaired) electrons. The number of aliphatic hydroxyl groups is 5. The largest absolute Gasteiger partial charge is 0.394 e. The number of rotatable bonds is 19. The third kappa shape index (κ3) is 22.2. The van der Waals surface area contributed by atoms with Crippen molar-refractivity contribution in [2.45, 2.75) is 124 Å². The molecule has 1 rings (SSSR count). The molecule has 0 aromatic rings. The van der Waals surface area contributed by atoms with Crippen molar-refractivity contribution in [3.05, 3.63) is 155 Å². The van der Waals surface area contributed by atoms with Gasteiger partial charge in [0.05, 0.1) is 17.8 Å². The number of aliphatic hydroxyl groups excluding tert-OH is 4. The van der Waals surface area contributed by atoms with Crippen LogP contribution in [0.1, 0.15) is 82.1 Å². The lowest BCUT2D eigenvalue weighted by Gasteiger charge is -2.42. The molecule has 0 aromatic heterocycles. The monoisotopic (exact) mass is 730 g/mol. The van der Waals surface area contributed by atoms with Gasteiger partial charge in [0.1, 0.15) is 24.4 Å². The number of allylic oxidation sites excluding steroid dienone is 24. The maximum Gasteiger partial charge on any atom is 0.187 e.